The number of aryl methyl sites for hydroxylation is 1. The molecule has 1 aromatic rings. The molecule has 2 aliphatic rings. The van der Waals surface area contributed by atoms with Crippen molar-refractivity contribution in [3.63, 3.8) is 0 Å². The summed E-state index contributed by atoms with van der Waals surface area (Å²) >= 11 is 0. The van der Waals surface area contributed by atoms with Crippen molar-refractivity contribution >= 4 is 29.2 Å². The maximum Gasteiger partial charge on any atom is 0.228 e. The summed E-state index contributed by atoms with van der Waals surface area (Å²) < 4.78 is 32.4. The van der Waals surface area contributed by atoms with Gasteiger partial charge in [0, 0.05) is 63.6 Å². The molecule has 0 bridgehead atoms. The number of aromatic nitrogens is 3. The maximum absolute atomic E-state index is 16.1. The van der Waals surface area contributed by atoms with E-state index in [0.29, 0.717) is 82.9 Å². The summed E-state index contributed by atoms with van der Waals surface area (Å²) in [5.41, 5.74) is -3.23. The summed E-state index contributed by atoms with van der Waals surface area (Å²) in [6.07, 6.45) is 22.7. The van der Waals surface area contributed by atoms with Crippen LogP contribution in [0.15, 0.2) is 0 Å². The zero-order valence-corrected chi connectivity index (χ0v) is 42.7. The van der Waals surface area contributed by atoms with Crippen LogP contribution in [0.1, 0.15) is 260 Å². The predicted octanol–water partition coefficient (Wildman–Crippen LogP) is 12.9. The monoisotopic (exact) mass is 918 g/mol. The lowest BCUT2D eigenvalue weighted by atomic mass is 9.84. The summed E-state index contributed by atoms with van der Waals surface area (Å²) in [6.45, 7) is 19.1. The quantitative estimate of drug-likeness (QED) is 0.0696. The minimum absolute atomic E-state index is 0.0112. The van der Waals surface area contributed by atoms with Crippen LogP contribution in [0.3, 0.4) is 0 Å². The Morgan fingerprint density at radius 3 is 1.60 bits per heavy atom. The number of ketones is 3. The third kappa shape index (κ3) is 26.4. The molecule has 2 amide bonds. The van der Waals surface area contributed by atoms with Gasteiger partial charge in [-0.2, -0.15) is 0 Å². The number of hydrogen-bond acceptors (Lipinski definition) is 7. The predicted molar refractivity (Wildman–Crippen MR) is 262 cm³/mol. The number of unbranched alkanes of at least 4 members (excludes halogenated alkanes) is 6. The second kappa shape index (κ2) is 37.6. The van der Waals surface area contributed by atoms with Gasteiger partial charge in [0.25, 0.3) is 0 Å². The highest BCUT2D eigenvalue weighted by Gasteiger charge is 2.45. The SMILES string of the molecule is CCC(CC)NC(=O)CCCCC(=O)C1(F)C#CCCCCC1.CCC(CC)NC(=O)CCCCC(=O)C1(F)CCCCCc2c1nnn2CCCC(C)=O.CCCCC.CCCCC. The molecule has 3 rings (SSSR count). The average molecular weight is 918 g/mol. The maximum atomic E-state index is 16.1. The number of carbonyl (C=O) groups excluding carboxylic acids is 5. The first kappa shape index (κ1) is 61.5. The molecule has 1 aromatic heterocycles. The largest absolute Gasteiger partial charge is 0.353 e. The molecular weight excluding hydrogens is 825 g/mol. The molecule has 0 radical (unpaired) electrons. The molecule has 374 valence electrons. The number of halogens is 2. The average Bonchev–Trinajstić information content (AvgIpc) is 3.68. The van der Waals surface area contributed by atoms with Gasteiger partial charge in [-0.3, -0.25) is 19.2 Å². The number of carbonyl (C=O) groups is 5. The molecule has 10 nitrogen and oxygen atoms in total. The van der Waals surface area contributed by atoms with Gasteiger partial charge < -0.3 is 15.4 Å². The first-order chi connectivity index (χ1) is 31.2. The van der Waals surface area contributed by atoms with Crippen LogP contribution in [-0.2, 0) is 42.6 Å². The Balaban J connectivity index is 0.00000108. The Hall–Kier alpha value is -3.49. The molecule has 2 unspecified atom stereocenters. The summed E-state index contributed by atoms with van der Waals surface area (Å²) in [5.74, 6) is 4.58. The lowest BCUT2D eigenvalue weighted by molar-refractivity contribution is -0.132. The number of rotatable bonds is 26. The number of nitrogens with one attached hydrogen (secondary N) is 2. The van der Waals surface area contributed by atoms with Crippen LogP contribution in [0, 0.1) is 11.8 Å². The first-order valence-electron chi connectivity index (χ1n) is 26.1. The summed E-state index contributed by atoms with van der Waals surface area (Å²) in [7, 11) is 0. The van der Waals surface area contributed by atoms with Crippen LogP contribution >= 0.6 is 0 Å². The van der Waals surface area contributed by atoms with Gasteiger partial charge in [-0.1, -0.05) is 124 Å². The normalized spacial score (nSPS) is 17.9. The van der Waals surface area contributed by atoms with Gasteiger partial charge in [0.15, 0.2) is 11.6 Å². The van der Waals surface area contributed by atoms with Gasteiger partial charge in [0.05, 0.1) is 5.69 Å². The van der Waals surface area contributed by atoms with Gasteiger partial charge in [-0.15, -0.1) is 5.10 Å². The molecule has 0 saturated carbocycles. The van der Waals surface area contributed by atoms with Crippen molar-refractivity contribution in [1.29, 1.82) is 0 Å². The standard InChI is InChI=1S/C24H39FN4O3.C19H30FNO2.2C5H12/c1-4-19(5-2)26-22(32)15-9-8-14-21(31)24(25)16-10-6-7-13-20-23(24)27-28-29(20)17-11-12-18(3)30;1-3-16(4-2)21-18(23)13-9-8-12-17(22)19(20)14-10-6-5-7-11-15-19;2*1-3-5-4-2/h19H,4-17H2,1-3H3,(H,26,32);16H,3-10,12-14H2,1-2H3,(H,21,23);2*3-5H2,1-2H3. The van der Waals surface area contributed by atoms with Crippen LogP contribution in [-0.4, -0.2) is 61.9 Å². The Bertz CT molecular complexity index is 1520. The molecule has 1 heterocycles. The zero-order chi connectivity index (χ0) is 48.9. The highest BCUT2D eigenvalue weighted by Crippen LogP contribution is 2.38. The molecule has 2 N–H and O–H groups in total. The summed E-state index contributed by atoms with van der Waals surface area (Å²) in [6, 6.07) is 0.410. The van der Waals surface area contributed by atoms with Gasteiger partial charge in [0.2, 0.25) is 23.2 Å². The fourth-order valence-corrected chi connectivity index (χ4v) is 7.84. The molecule has 0 aliphatic heterocycles. The minimum atomic E-state index is -2.12. The fraction of sp³-hybridized carbons (Fsp3) is 0.830. The number of nitrogens with zero attached hydrogens (tertiary/aromatic N) is 3. The van der Waals surface area contributed by atoms with Crippen molar-refractivity contribution in [3.8, 4) is 11.8 Å². The molecule has 2 aliphatic carbocycles. The number of hydrogen-bond donors (Lipinski definition) is 2. The lowest BCUT2D eigenvalue weighted by Crippen LogP contribution is -2.34. The Labute approximate surface area is 394 Å². The minimum Gasteiger partial charge on any atom is -0.353 e. The molecule has 0 saturated heterocycles. The van der Waals surface area contributed by atoms with E-state index in [1.165, 1.54) is 38.5 Å². The zero-order valence-electron chi connectivity index (χ0n) is 42.7. The molecule has 65 heavy (non-hydrogen) atoms. The Morgan fingerprint density at radius 1 is 0.615 bits per heavy atom. The number of amides is 2. The van der Waals surface area contributed by atoms with E-state index < -0.39 is 22.9 Å². The second-order valence-corrected chi connectivity index (χ2v) is 18.1. The number of fused-ring (bicyclic) bond motifs is 1. The number of alkyl halides is 2. The van der Waals surface area contributed by atoms with Crippen molar-refractivity contribution in [1.82, 2.24) is 25.6 Å². The summed E-state index contributed by atoms with van der Waals surface area (Å²) in [4.78, 5) is 60.1. The van der Waals surface area contributed by atoms with Crippen LogP contribution in [0.5, 0.6) is 0 Å². The molecule has 2 atom stereocenters. The van der Waals surface area contributed by atoms with Crippen molar-refractivity contribution in [2.75, 3.05) is 0 Å². The van der Waals surface area contributed by atoms with Gasteiger partial charge in [-0.25, -0.2) is 13.5 Å². The van der Waals surface area contributed by atoms with Crippen LogP contribution < -0.4 is 10.6 Å². The number of Topliss-reactive ketones (excluding diaryl/α,β-unsaturated/α-hetero) is 3. The van der Waals surface area contributed by atoms with Gasteiger partial charge in [0.1, 0.15) is 11.5 Å². The third-order valence-corrected chi connectivity index (χ3v) is 12.3. The second-order valence-electron chi connectivity index (χ2n) is 18.1. The molecule has 0 fully saturated rings. The van der Waals surface area contributed by atoms with Crippen LogP contribution in [0.25, 0.3) is 0 Å². The van der Waals surface area contributed by atoms with Crippen LogP contribution in [0.4, 0.5) is 8.78 Å². The van der Waals surface area contributed by atoms with E-state index in [2.05, 4.69) is 60.5 Å². The van der Waals surface area contributed by atoms with Crippen LogP contribution in [0.2, 0.25) is 0 Å². The Morgan fingerprint density at radius 2 is 1.11 bits per heavy atom. The van der Waals surface area contributed by atoms with E-state index in [1.54, 1.807) is 11.6 Å². The first-order valence-corrected chi connectivity index (χ1v) is 26.1. The molecule has 12 heteroatoms. The summed E-state index contributed by atoms with van der Waals surface area (Å²) in [5, 5.41) is 14.2. The van der Waals surface area contributed by atoms with E-state index in [4.69, 9.17) is 0 Å². The van der Waals surface area contributed by atoms with Gasteiger partial charge in [-0.05, 0) is 103 Å². The molecule has 0 spiro atoms. The van der Waals surface area contributed by atoms with E-state index in [0.717, 1.165) is 57.8 Å². The van der Waals surface area contributed by atoms with E-state index >= 15 is 4.39 Å². The third-order valence-electron chi connectivity index (χ3n) is 12.3. The lowest BCUT2D eigenvalue weighted by Gasteiger charge is -2.25. The van der Waals surface area contributed by atoms with Gasteiger partial charge >= 0.3 is 0 Å². The van der Waals surface area contributed by atoms with Crippen molar-refractivity contribution in [2.45, 2.75) is 285 Å². The highest BCUT2D eigenvalue weighted by molar-refractivity contribution is 5.90. The smallest absolute Gasteiger partial charge is 0.228 e. The van der Waals surface area contributed by atoms with E-state index in [1.807, 2.05) is 27.7 Å². The van der Waals surface area contributed by atoms with Crippen molar-refractivity contribution in [2.24, 2.45) is 0 Å². The topological polar surface area (TPSA) is 140 Å². The molecule has 0 aromatic carbocycles. The fourth-order valence-electron chi connectivity index (χ4n) is 7.84. The van der Waals surface area contributed by atoms with Crippen molar-refractivity contribution < 1.29 is 32.8 Å². The highest BCUT2D eigenvalue weighted by atomic mass is 19.1. The van der Waals surface area contributed by atoms with E-state index in [9.17, 15) is 28.4 Å². The van der Waals surface area contributed by atoms with Crippen molar-refractivity contribution in [3.05, 3.63) is 11.4 Å². The molecular formula is C53H93F2N5O5. The van der Waals surface area contributed by atoms with E-state index in [-0.39, 0.29) is 61.1 Å². The Kier molecular flexibility index (Phi) is 35.6.